The van der Waals surface area contributed by atoms with E-state index in [1.165, 1.54) is 17.7 Å². The van der Waals surface area contributed by atoms with Crippen molar-refractivity contribution in [3.63, 3.8) is 0 Å². The van der Waals surface area contributed by atoms with Gasteiger partial charge in [0, 0.05) is 18.5 Å². The van der Waals surface area contributed by atoms with Crippen LogP contribution < -0.4 is 10.6 Å². The lowest BCUT2D eigenvalue weighted by Crippen LogP contribution is -2.47. The first kappa shape index (κ1) is 16.0. The van der Waals surface area contributed by atoms with Crippen LogP contribution in [0.15, 0.2) is 22.5 Å². The zero-order valence-electron chi connectivity index (χ0n) is 11.7. The van der Waals surface area contributed by atoms with Gasteiger partial charge in [-0.2, -0.15) is 0 Å². The third-order valence-corrected chi connectivity index (χ3v) is 4.83. The average Bonchev–Trinajstić information content (AvgIpc) is 3.14. The smallest absolute Gasteiger partial charge is 0.191 e. The molecule has 2 aliphatic heterocycles. The third kappa shape index (κ3) is 3.85. The summed E-state index contributed by atoms with van der Waals surface area (Å²) in [6.45, 7) is 0.919. The Kier molecular flexibility index (Phi) is 6.10. The monoisotopic (exact) mass is 407 g/mol. The average molecular weight is 407 g/mol. The van der Waals surface area contributed by atoms with Crippen molar-refractivity contribution in [3.8, 4) is 0 Å². The standard InChI is InChI=1S/C14H21N3OS.HI/c1-15-14(16-7-6-11-3-2-8-19-11)17-12-9-10-4-5-13(12)18-10;/h2-3,8,10,12-13H,4-7,9H2,1H3,(H2,15,16,17);1H. The number of hydrogen-bond acceptors (Lipinski definition) is 3. The van der Waals surface area contributed by atoms with E-state index in [4.69, 9.17) is 4.74 Å². The van der Waals surface area contributed by atoms with Gasteiger partial charge in [-0.15, -0.1) is 35.3 Å². The zero-order valence-corrected chi connectivity index (χ0v) is 14.8. The molecule has 0 radical (unpaired) electrons. The van der Waals surface area contributed by atoms with Gasteiger partial charge in [-0.1, -0.05) is 6.07 Å². The summed E-state index contributed by atoms with van der Waals surface area (Å²) in [5.74, 6) is 0.901. The SMILES string of the molecule is CN=C(NCCc1cccs1)NC1CC2CCC1O2.I. The Hall–Kier alpha value is -0.340. The second kappa shape index (κ2) is 7.61. The second-order valence-electron chi connectivity index (χ2n) is 5.19. The van der Waals surface area contributed by atoms with E-state index in [0.29, 0.717) is 18.2 Å². The highest BCUT2D eigenvalue weighted by atomic mass is 127. The van der Waals surface area contributed by atoms with Crippen molar-refractivity contribution in [1.82, 2.24) is 10.6 Å². The molecule has 3 atom stereocenters. The summed E-state index contributed by atoms with van der Waals surface area (Å²) < 4.78 is 5.85. The van der Waals surface area contributed by atoms with Crippen molar-refractivity contribution in [2.24, 2.45) is 4.99 Å². The number of fused-ring (bicyclic) bond motifs is 2. The van der Waals surface area contributed by atoms with Crippen LogP contribution in [-0.4, -0.2) is 37.8 Å². The molecule has 112 valence electrons. The van der Waals surface area contributed by atoms with E-state index in [1.54, 1.807) is 11.3 Å². The Bertz CT molecular complexity index is 438. The lowest BCUT2D eigenvalue weighted by molar-refractivity contribution is 0.0992. The van der Waals surface area contributed by atoms with E-state index < -0.39 is 0 Å². The molecule has 4 nitrogen and oxygen atoms in total. The molecule has 0 saturated carbocycles. The molecule has 0 amide bonds. The van der Waals surface area contributed by atoms with Crippen LogP contribution in [0, 0.1) is 0 Å². The number of hydrogen-bond donors (Lipinski definition) is 2. The third-order valence-electron chi connectivity index (χ3n) is 3.90. The fraction of sp³-hybridized carbons (Fsp3) is 0.643. The van der Waals surface area contributed by atoms with Gasteiger partial charge in [0.15, 0.2) is 5.96 Å². The maximum absolute atomic E-state index is 5.85. The van der Waals surface area contributed by atoms with E-state index in [9.17, 15) is 0 Å². The molecule has 20 heavy (non-hydrogen) atoms. The van der Waals surface area contributed by atoms with Crippen LogP contribution in [-0.2, 0) is 11.2 Å². The van der Waals surface area contributed by atoms with Crippen LogP contribution >= 0.6 is 35.3 Å². The van der Waals surface area contributed by atoms with Crippen molar-refractivity contribution >= 4 is 41.3 Å². The predicted molar refractivity (Wildman–Crippen MR) is 94.2 cm³/mol. The summed E-state index contributed by atoms with van der Waals surface area (Å²) in [6.07, 6.45) is 5.46. The number of aliphatic imine (C=N–C) groups is 1. The largest absolute Gasteiger partial charge is 0.373 e. The van der Waals surface area contributed by atoms with E-state index in [1.807, 2.05) is 7.05 Å². The van der Waals surface area contributed by atoms with Gasteiger partial charge in [0.1, 0.15) is 0 Å². The number of halogens is 1. The zero-order chi connectivity index (χ0) is 13.1. The Labute approximate surface area is 141 Å². The van der Waals surface area contributed by atoms with Crippen molar-refractivity contribution in [3.05, 3.63) is 22.4 Å². The molecular weight excluding hydrogens is 385 g/mol. The summed E-state index contributed by atoms with van der Waals surface area (Å²) in [4.78, 5) is 5.70. The molecule has 2 bridgehead atoms. The molecule has 2 fully saturated rings. The van der Waals surface area contributed by atoms with Crippen molar-refractivity contribution < 1.29 is 4.74 Å². The van der Waals surface area contributed by atoms with E-state index >= 15 is 0 Å². The van der Waals surface area contributed by atoms with Crippen LogP contribution in [0.25, 0.3) is 0 Å². The summed E-state index contributed by atoms with van der Waals surface area (Å²) >= 11 is 1.80. The number of nitrogens with zero attached hydrogens (tertiary/aromatic N) is 1. The van der Waals surface area contributed by atoms with Gasteiger partial charge < -0.3 is 15.4 Å². The Balaban J connectivity index is 0.00000147. The molecular formula is C14H22IN3OS. The Morgan fingerprint density at radius 1 is 1.50 bits per heavy atom. The van der Waals surface area contributed by atoms with E-state index in [0.717, 1.165) is 25.3 Å². The maximum atomic E-state index is 5.85. The minimum atomic E-state index is 0. The summed E-state index contributed by atoms with van der Waals surface area (Å²) in [6, 6.07) is 4.71. The predicted octanol–water partition coefficient (Wildman–Crippen LogP) is 2.39. The minimum Gasteiger partial charge on any atom is -0.373 e. The number of nitrogens with one attached hydrogen (secondary N) is 2. The second-order valence-corrected chi connectivity index (χ2v) is 6.22. The topological polar surface area (TPSA) is 45.7 Å². The molecule has 1 aromatic heterocycles. The molecule has 3 unspecified atom stereocenters. The van der Waals surface area contributed by atoms with Crippen molar-refractivity contribution in [2.45, 2.75) is 43.9 Å². The van der Waals surface area contributed by atoms with Crippen LogP contribution in [0.1, 0.15) is 24.1 Å². The highest BCUT2D eigenvalue weighted by Crippen LogP contribution is 2.34. The first-order valence-electron chi connectivity index (χ1n) is 7.00. The summed E-state index contributed by atoms with van der Waals surface area (Å²) in [5.41, 5.74) is 0. The number of guanidine groups is 1. The fourth-order valence-electron chi connectivity index (χ4n) is 2.92. The van der Waals surface area contributed by atoms with Gasteiger partial charge in [-0.25, -0.2) is 0 Å². The Morgan fingerprint density at radius 2 is 2.40 bits per heavy atom. The molecule has 2 N–H and O–H groups in total. The summed E-state index contributed by atoms with van der Waals surface area (Å²) in [5, 5.41) is 9.00. The molecule has 6 heteroatoms. The molecule has 2 aliphatic rings. The van der Waals surface area contributed by atoms with E-state index in [-0.39, 0.29) is 24.0 Å². The van der Waals surface area contributed by atoms with Crippen molar-refractivity contribution in [2.75, 3.05) is 13.6 Å². The quantitative estimate of drug-likeness (QED) is 0.458. The normalized spacial score (nSPS) is 28.2. The minimum absolute atomic E-state index is 0. The van der Waals surface area contributed by atoms with Crippen LogP contribution in [0.2, 0.25) is 0 Å². The van der Waals surface area contributed by atoms with Crippen LogP contribution in [0.3, 0.4) is 0 Å². The van der Waals surface area contributed by atoms with Gasteiger partial charge in [0.25, 0.3) is 0 Å². The molecule has 3 rings (SSSR count). The van der Waals surface area contributed by atoms with Gasteiger partial charge in [0.2, 0.25) is 0 Å². The maximum Gasteiger partial charge on any atom is 0.191 e. The van der Waals surface area contributed by atoms with Crippen LogP contribution in [0.5, 0.6) is 0 Å². The molecule has 2 saturated heterocycles. The number of ether oxygens (including phenoxy) is 1. The Morgan fingerprint density at radius 3 is 3.00 bits per heavy atom. The fourth-order valence-corrected chi connectivity index (χ4v) is 3.63. The molecule has 0 aromatic carbocycles. The van der Waals surface area contributed by atoms with Crippen LogP contribution in [0.4, 0.5) is 0 Å². The lowest BCUT2D eigenvalue weighted by Gasteiger charge is -2.22. The summed E-state index contributed by atoms with van der Waals surface area (Å²) in [7, 11) is 1.83. The molecule has 0 spiro atoms. The van der Waals surface area contributed by atoms with E-state index in [2.05, 4.69) is 33.1 Å². The molecule has 0 aliphatic carbocycles. The van der Waals surface area contributed by atoms with Gasteiger partial charge in [-0.3, -0.25) is 4.99 Å². The molecule has 3 heterocycles. The van der Waals surface area contributed by atoms with Gasteiger partial charge >= 0.3 is 0 Å². The first-order chi connectivity index (χ1) is 9.35. The van der Waals surface area contributed by atoms with Gasteiger partial charge in [0.05, 0.1) is 18.2 Å². The number of rotatable bonds is 4. The highest BCUT2D eigenvalue weighted by molar-refractivity contribution is 14.0. The van der Waals surface area contributed by atoms with Crippen molar-refractivity contribution in [1.29, 1.82) is 0 Å². The number of thiophene rings is 1. The highest BCUT2D eigenvalue weighted by Gasteiger charge is 2.40. The lowest BCUT2D eigenvalue weighted by atomic mass is 9.96. The first-order valence-corrected chi connectivity index (χ1v) is 7.88. The molecule has 1 aromatic rings. The van der Waals surface area contributed by atoms with Gasteiger partial charge in [-0.05, 0) is 37.1 Å².